The van der Waals surface area contributed by atoms with Crippen molar-refractivity contribution in [3.05, 3.63) is 363 Å². The van der Waals surface area contributed by atoms with Crippen molar-refractivity contribution in [2.24, 2.45) is 0 Å². The summed E-state index contributed by atoms with van der Waals surface area (Å²) in [6, 6.07) is 79.1. The monoisotopic (exact) mass is 1150 g/mol. The van der Waals surface area contributed by atoms with Gasteiger partial charge in [0, 0.05) is 22.7 Å². The molecule has 11 aromatic rings. The molecule has 0 saturated carbocycles. The van der Waals surface area contributed by atoms with Gasteiger partial charge in [0.1, 0.15) is 0 Å². The van der Waals surface area contributed by atoms with Crippen LogP contribution in [-0.2, 0) is 10.8 Å². The number of hydrogen-bond acceptors (Lipinski definition) is 2. The zero-order chi connectivity index (χ0) is 60.6. The van der Waals surface area contributed by atoms with Gasteiger partial charge in [0.2, 0.25) is 0 Å². The van der Waals surface area contributed by atoms with Gasteiger partial charge in [-0.1, -0.05) is 218 Å². The minimum atomic E-state index is -0.981. The van der Waals surface area contributed by atoms with Crippen LogP contribution in [0.25, 0.3) is 45.5 Å². The summed E-state index contributed by atoms with van der Waals surface area (Å²) in [4.78, 5) is 3.72. The van der Waals surface area contributed by atoms with E-state index in [1.54, 1.807) is 17.0 Å². The Hall–Kier alpha value is -10.3. The Morgan fingerprint density at radius 3 is 1.41 bits per heavy atom. The van der Waals surface area contributed by atoms with Crippen molar-refractivity contribution in [3.8, 4) is 33.4 Å². The van der Waals surface area contributed by atoms with Crippen LogP contribution < -0.4 is 9.80 Å². The largest absolute Gasteiger partial charge is 0.331 e. The highest BCUT2D eigenvalue weighted by molar-refractivity contribution is 5.92. The van der Waals surface area contributed by atoms with Crippen LogP contribution in [0, 0.1) is 39.3 Å². The predicted octanol–water partition coefficient (Wildman–Crippen LogP) is 22.0. The van der Waals surface area contributed by atoms with Crippen molar-refractivity contribution in [2.45, 2.75) is 51.0 Å². The number of anilines is 5. The van der Waals surface area contributed by atoms with Crippen molar-refractivity contribution < 1.29 is 17.6 Å². The van der Waals surface area contributed by atoms with E-state index in [9.17, 15) is 0 Å². The van der Waals surface area contributed by atoms with Crippen LogP contribution in [0.2, 0.25) is 0 Å². The molecule has 0 saturated heterocycles. The third-order valence-electron chi connectivity index (χ3n) is 18.6. The molecule has 3 atom stereocenters. The zero-order valence-corrected chi connectivity index (χ0v) is 49.4. The summed E-state index contributed by atoms with van der Waals surface area (Å²) in [6.45, 7) is 16.6. The maximum absolute atomic E-state index is 16.7. The number of benzene rings is 11. The SMILES string of the molecule is C=Cc1ccc(C2(c3cc(C)ccc3C)c3ccccc3-c3ccc(N(c4ccc(-c5ccc(N(c6ccc7c(c6)C(c6ccc(C=C)cc6)(c6cc(C)ccc6C)c6ccccc6-7)C6CC=CC(F)=C6F)cc5)cc4)c4cccc(F)c4F)cc32)cc1. The van der Waals surface area contributed by atoms with Gasteiger partial charge >= 0.3 is 0 Å². The van der Waals surface area contributed by atoms with Gasteiger partial charge in [-0.2, -0.15) is 0 Å². The molecule has 3 unspecified atom stereocenters. The van der Waals surface area contributed by atoms with Crippen LogP contribution in [0.5, 0.6) is 0 Å². The predicted molar refractivity (Wildman–Crippen MR) is 356 cm³/mol. The second-order valence-corrected chi connectivity index (χ2v) is 23.6. The van der Waals surface area contributed by atoms with E-state index in [4.69, 9.17) is 0 Å². The van der Waals surface area contributed by atoms with Gasteiger partial charge in [0.25, 0.3) is 0 Å². The standard InChI is InChI=1S/C82H62F4N2/c1-7-55-27-35-59(36-28-55)81(71-47-51(3)23-25-53(71)5)69-17-11-9-15-65(69)67-45-43-63(49-73(67)81)87(77-21-13-19-75(83)79(77)85)61-39-31-57(32-40-61)58-33-41-62(42-34-58)88(78-22-14-20-76(84)80(78)86)64-44-46-68-66-16-10-12-18-70(66)82(74(68)50-64,60-37-29-56(8-2)30-38-60)72-48-52(4)24-26-54(72)6/h7-21,23-50,78H,1-2,22H2,3-6H3. The molecule has 11 aromatic carbocycles. The van der Waals surface area contributed by atoms with Crippen LogP contribution >= 0.6 is 0 Å². The highest BCUT2D eigenvalue weighted by Gasteiger charge is 2.49. The lowest BCUT2D eigenvalue weighted by Gasteiger charge is -2.37. The summed E-state index contributed by atoms with van der Waals surface area (Å²) in [5, 5.41) is 0. The molecular formula is C82H62F4N2. The van der Waals surface area contributed by atoms with Crippen LogP contribution in [0.1, 0.15) is 84.3 Å². The van der Waals surface area contributed by atoms with E-state index < -0.39 is 40.2 Å². The van der Waals surface area contributed by atoms with Gasteiger partial charge in [-0.15, -0.1) is 0 Å². The lowest BCUT2D eigenvalue weighted by molar-refractivity contribution is 0.477. The number of nitrogens with zero attached hydrogens (tertiary/aromatic N) is 2. The molecule has 88 heavy (non-hydrogen) atoms. The molecule has 3 aliphatic rings. The number of allylic oxidation sites excluding steroid dienone is 2. The van der Waals surface area contributed by atoms with E-state index in [0.29, 0.717) is 22.7 Å². The molecule has 14 rings (SSSR count). The number of fused-ring (bicyclic) bond motifs is 6. The Morgan fingerprint density at radius 1 is 0.420 bits per heavy atom. The zero-order valence-electron chi connectivity index (χ0n) is 49.4. The van der Waals surface area contributed by atoms with Crippen LogP contribution in [0.15, 0.2) is 274 Å². The van der Waals surface area contributed by atoms with Gasteiger partial charge in [-0.25, -0.2) is 17.6 Å². The molecule has 0 amide bonds. The summed E-state index contributed by atoms with van der Waals surface area (Å²) in [5.41, 5.74) is 22.5. The van der Waals surface area contributed by atoms with Gasteiger partial charge in [-0.05, 0) is 201 Å². The summed E-state index contributed by atoms with van der Waals surface area (Å²) in [5.74, 6) is -3.66. The smallest absolute Gasteiger partial charge is 0.182 e. The molecule has 428 valence electrons. The Labute approximate surface area is 512 Å². The normalized spacial score (nSPS) is 17.0. The molecule has 0 N–H and O–H groups in total. The van der Waals surface area contributed by atoms with Crippen molar-refractivity contribution in [3.63, 3.8) is 0 Å². The number of halogens is 4. The highest BCUT2D eigenvalue weighted by atomic mass is 19.2. The first-order valence-electron chi connectivity index (χ1n) is 29.9. The lowest BCUT2D eigenvalue weighted by atomic mass is 9.66. The number of aryl methyl sites for hydroxylation is 4. The van der Waals surface area contributed by atoms with Crippen molar-refractivity contribution in [1.82, 2.24) is 0 Å². The van der Waals surface area contributed by atoms with E-state index in [-0.39, 0.29) is 12.1 Å². The average molecular weight is 1150 g/mol. The highest BCUT2D eigenvalue weighted by Crippen LogP contribution is 2.60. The third-order valence-corrected chi connectivity index (χ3v) is 18.6. The third kappa shape index (κ3) is 8.75. The molecule has 0 aliphatic heterocycles. The van der Waals surface area contributed by atoms with Crippen molar-refractivity contribution in [2.75, 3.05) is 9.80 Å². The Balaban J connectivity index is 0.880. The van der Waals surface area contributed by atoms with Crippen LogP contribution in [0.4, 0.5) is 46.0 Å². The fourth-order valence-electron chi connectivity index (χ4n) is 14.4. The first kappa shape index (κ1) is 55.6. The van der Waals surface area contributed by atoms with Gasteiger partial charge < -0.3 is 9.80 Å². The molecular weight excluding hydrogens is 1090 g/mol. The number of hydrogen-bond donors (Lipinski definition) is 0. The topological polar surface area (TPSA) is 6.48 Å². The van der Waals surface area contributed by atoms with Crippen LogP contribution in [0.3, 0.4) is 0 Å². The van der Waals surface area contributed by atoms with Gasteiger partial charge in [0.05, 0.1) is 22.6 Å². The summed E-state index contributed by atoms with van der Waals surface area (Å²) < 4.78 is 64.5. The molecule has 0 bridgehead atoms. The number of rotatable bonds is 13. The van der Waals surface area contributed by atoms with E-state index in [0.717, 1.165) is 117 Å². The van der Waals surface area contributed by atoms with Crippen molar-refractivity contribution >= 4 is 40.6 Å². The minimum Gasteiger partial charge on any atom is -0.331 e. The summed E-state index contributed by atoms with van der Waals surface area (Å²) >= 11 is 0. The quantitative estimate of drug-likeness (QED) is 0.106. The Bertz CT molecular complexity index is 4670. The second-order valence-electron chi connectivity index (χ2n) is 23.6. The maximum atomic E-state index is 16.7. The first-order chi connectivity index (χ1) is 42.8. The molecule has 2 nitrogen and oxygen atoms in total. The lowest BCUT2D eigenvalue weighted by Crippen LogP contribution is -2.34. The van der Waals surface area contributed by atoms with Gasteiger partial charge in [0.15, 0.2) is 23.3 Å². The fourth-order valence-corrected chi connectivity index (χ4v) is 14.4. The minimum absolute atomic E-state index is 0.0582. The Morgan fingerprint density at radius 2 is 0.886 bits per heavy atom. The van der Waals surface area contributed by atoms with E-state index in [2.05, 4.69) is 199 Å². The molecule has 0 fully saturated rings. The van der Waals surface area contributed by atoms with E-state index in [1.807, 2.05) is 77.7 Å². The van der Waals surface area contributed by atoms with Crippen molar-refractivity contribution in [1.29, 1.82) is 0 Å². The summed E-state index contributed by atoms with van der Waals surface area (Å²) in [6.07, 6.45) is 6.84. The first-order valence-corrected chi connectivity index (χ1v) is 29.9. The molecule has 0 radical (unpaired) electrons. The molecule has 6 heteroatoms. The molecule has 0 spiro atoms. The van der Waals surface area contributed by atoms with E-state index >= 15 is 17.6 Å². The second kappa shape index (κ2) is 21.9. The average Bonchev–Trinajstić information content (AvgIpc) is 1.55. The Kier molecular flexibility index (Phi) is 13.8. The summed E-state index contributed by atoms with van der Waals surface area (Å²) in [7, 11) is 0. The van der Waals surface area contributed by atoms with Gasteiger partial charge in [-0.3, -0.25) is 0 Å². The van der Waals surface area contributed by atoms with E-state index in [1.165, 1.54) is 12.1 Å². The van der Waals surface area contributed by atoms with Crippen LogP contribution in [-0.4, -0.2) is 6.04 Å². The molecule has 0 heterocycles. The molecule has 3 aliphatic carbocycles. The fraction of sp³-hybridized carbons (Fsp3) is 0.0976. The molecule has 0 aromatic heterocycles. The maximum Gasteiger partial charge on any atom is 0.182 e.